The third kappa shape index (κ3) is 2.81. The predicted molar refractivity (Wildman–Crippen MR) is 121 cm³/mol. The lowest BCUT2D eigenvalue weighted by Gasteiger charge is -2.38. The Morgan fingerprint density at radius 1 is 1.10 bits per heavy atom. The number of hydrogen-bond donors (Lipinski definition) is 0. The second-order valence-electron chi connectivity index (χ2n) is 7.96. The van der Waals surface area contributed by atoms with Crippen molar-refractivity contribution in [2.45, 2.75) is 26.3 Å². The van der Waals surface area contributed by atoms with E-state index in [-0.39, 0.29) is 6.04 Å². The number of nitrogens with zero attached hydrogens (tertiary/aromatic N) is 4. The maximum Gasteiger partial charge on any atom is 0.161 e. The summed E-state index contributed by atoms with van der Waals surface area (Å²) >= 11 is 0. The standard InChI is InChI=1S/C25H24N4O2/c1-15-11-24(29-21-8-6-5-7-20(21)27-25(29)19(15)14-26)28-10-9-17-12-22(30-3)23(31-4)13-18(17)16(28)2/h5-8,11-13,16H,9-10H2,1-4H3. The molecule has 3 heterocycles. The zero-order valence-corrected chi connectivity index (χ0v) is 18.1. The van der Waals surface area contributed by atoms with Crippen molar-refractivity contribution >= 4 is 22.5 Å². The number of ether oxygens (including phenoxy) is 2. The highest BCUT2D eigenvalue weighted by Crippen LogP contribution is 2.40. The maximum absolute atomic E-state index is 9.79. The van der Waals surface area contributed by atoms with Gasteiger partial charge in [0.05, 0.1) is 36.9 Å². The summed E-state index contributed by atoms with van der Waals surface area (Å²) < 4.78 is 13.2. The topological polar surface area (TPSA) is 62.8 Å². The van der Waals surface area contributed by atoms with Crippen LogP contribution in [-0.4, -0.2) is 30.1 Å². The highest BCUT2D eigenvalue weighted by atomic mass is 16.5. The second-order valence-corrected chi connectivity index (χ2v) is 7.96. The smallest absolute Gasteiger partial charge is 0.161 e. The summed E-state index contributed by atoms with van der Waals surface area (Å²) in [5.41, 5.74) is 6.67. The fourth-order valence-corrected chi connectivity index (χ4v) is 4.74. The van der Waals surface area contributed by atoms with Crippen LogP contribution in [0.5, 0.6) is 11.5 Å². The summed E-state index contributed by atoms with van der Waals surface area (Å²) in [6, 6.07) is 16.8. The molecule has 1 aliphatic heterocycles. The van der Waals surface area contributed by atoms with Crippen molar-refractivity contribution in [2.24, 2.45) is 0 Å². The average molecular weight is 412 g/mol. The van der Waals surface area contributed by atoms with Crippen LogP contribution < -0.4 is 14.4 Å². The van der Waals surface area contributed by atoms with E-state index in [0.29, 0.717) is 11.2 Å². The van der Waals surface area contributed by atoms with Crippen molar-refractivity contribution in [1.82, 2.24) is 9.38 Å². The van der Waals surface area contributed by atoms with Crippen molar-refractivity contribution < 1.29 is 9.47 Å². The third-order valence-electron chi connectivity index (χ3n) is 6.34. The minimum atomic E-state index is 0.125. The van der Waals surface area contributed by atoms with Gasteiger partial charge in [-0.3, -0.25) is 4.40 Å². The van der Waals surface area contributed by atoms with Crippen molar-refractivity contribution in [2.75, 3.05) is 25.7 Å². The number of nitriles is 1. The lowest BCUT2D eigenvalue weighted by Crippen LogP contribution is -2.35. The maximum atomic E-state index is 9.79. The number of imidazole rings is 1. The van der Waals surface area contributed by atoms with Gasteiger partial charge in [-0.05, 0) is 67.3 Å². The Morgan fingerprint density at radius 2 is 1.84 bits per heavy atom. The molecule has 0 fully saturated rings. The number of fused-ring (bicyclic) bond motifs is 4. The van der Waals surface area contributed by atoms with Crippen LogP contribution in [0.3, 0.4) is 0 Å². The van der Waals surface area contributed by atoms with Crippen molar-refractivity contribution in [3.05, 3.63) is 64.7 Å². The molecule has 6 nitrogen and oxygen atoms in total. The number of anilines is 1. The second kappa shape index (κ2) is 7.21. The number of aromatic nitrogens is 2. The molecule has 5 rings (SSSR count). The van der Waals surface area contributed by atoms with E-state index in [4.69, 9.17) is 14.5 Å². The molecule has 0 amide bonds. The number of benzene rings is 2. The van der Waals surface area contributed by atoms with Crippen LogP contribution in [0.4, 0.5) is 5.82 Å². The summed E-state index contributed by atoms with van der Waals surface area (Å²) in [5.74, 6) is 2.55. The fraction of sp³-hybridized carbons (Fsp3) is 0.280. The Bertz CT molecular complexity index is 1370. The first-order valence-electron chi connectivity index (χ1n) is 10.4. The highest BCUT2D eigenvalue weighted by molar-refractivity contribution is 5.85. The van der Waals surface area contributed by atoms with Gasteiger partial charge in [0, 0.05) is 6.54 Å². The number of rotatable bonds is 3. The van der Waals surface area contributed by atoms with E-state index >= 15 is 0 Å². The molecule has 1 aliphatic rings. The van der Waals surface area contributed by atoms with Gasteiger partial charge in [0.1, 0.15) is 11.9 Å². The lowest BCUT2D eigenvalue weighted by molar-refractivity contribution is 0.353. The minimum absolute atomic E-state index is 0.125. The van der Waals surface area contributed by atoms with Crippen LogP contribution in [-0.2, 0) is 6.42 Å². The molecule has 1 atom stereocenters. The van der Waals surface area contributed by atoms with E-state index in [1.165, 1.54) is 11.1 Å². The molecule has 0 radical (unpaired) electrons. The summed E-state index contributed by atoms with van der Waals surface area (Å²) in [5, 5.41) is 9.79. The van der Waals surface area contributed by atoms with E-state index in [2.05, 4.69) is 46.6 Å². The zero-order valence-electron chi connectivity index (χ0n) is 18.1. The van der Waals surface area contributed by atoms with Gasteiger partial charge in [-0.1, -0.05) is 12.1 Å². The molecule has 2 aromatic heterocycles. The highest BCUT2D eigenvalue weighted by Gasteiger charge is 2.29. The largest absolute Gasteiger partial charge is 0.493 e. The number of methoxy groups -OCH3 is 2. The normalized spacial score (nSPS) is 15.7. The quantitative estimate of drug-likeness (QED) is 0.483. The first-order chi connectivity index (χ1) is 15.1. The molecular weight excluding hydrogens is 388 g/mol. The van der Waals surface area contributed by atoms with Crippen LogP contribution in [0.15, 0.2) is 42.5 Å². The molecule has 0 saturated heterocycles. The summed E-state index contributed by atoms with van der Waals surface area (Å²) in [4.78, 5) is 7.19. The molecule has 4 aromatic rings. The number of hydrogen-bond acceptors (Lipinski definition) is 5. The molecule has 31 heavy (non-hydrogen) atoms. The SMILES string of the molecule is COc1cc2c(cc1OC)C(C)N(c1cc(C)c(C#N)c3nc4ccccc4n13)CC2. The van der Waals surface area contributed by atoms with Gasteiger partial charge in [-0.25, -0.2) is 4.98 Å². The Balaban J connectivity index is 1.73. The summed E-state index contributed by atoms with van der Waals surface area (Å²) in [6.07, 6.45) is 0.896. The predicted octanol–water partition coefficient (Wildman–Crippen LogP) is 4.81. The monoisotopic (exact) mass is 412 g/mol. The Labute approximate surface area is 181 Å². The van der Waals surface area contributed by atoms with Gasteiger partial charge in [-0.2, -0.15) is 5.26 Å². The van der Waals surface area contributed by atoms with Crippen LogP contribution in [0, 0.1) is 18.3 Å². The van der Waals surface area contributed by atoms with Gasteiger partial charge in [0.15, 0.2) is 17.1 Å². The molecule has 2 aromatic carbocycles. The molecule has 6 heteroatoms. The van der Waals surface area contributed by atoms with Crippen molar-refractivity contribution in [1.29, 1.82) is 5.26 Å². The first-order valence-corrected chi connectivity index (χ1v) is 10.4. The Kier molecular flexibility index (Phi) is 4.48. The van der Waals surface area contributed by atoms with E-state index in [9.17, 15) is 5.26 Å². The molecule has 156 valence electrons. The van der Waals surface area contributed by atoms with Crippen LogP contribution in [0.2, 0.25) is 0 Å². The van der Waals surface area contributed by atoms with E-state index < -0.39 is 0 Å². The summed E-state index contributed by atoms with van der Waals surface area (Å²) in [6.45, 7) is 5.05. The first kappa shape index (κ1) is 19.3. The lowest BCUT2D eigenvalue weighted by atomic mass is 9.92. The molecule has 1 unspecified atom stereocenters. The van der Waals surface area contributed by atoms with E-state index in [0.717, 1.165) is 46.9 Å². The third-order valence-corrected chi connectivity index (χ3v) is 6.34. The number of aryl methyl sites for hydroxylation is 1. The molecule has 0 spiro atoms. The Hall–Kier alpha value is -3.72. The zero-order chi connectivity index (χ0) is 21.7. The minimum Gasteiger partial charge on any atom is -0.493 e. The molecule has 0 saturated carbocycles. The van der Waals surface area contributed by atoms with Crippen LogP contribution in [0.25, 0.3) is 16.7 Å². The van der Waals surface area contributed by atoms with Crippen molar-refractivity contribution in [3.8, 4) is 17.6 Å². The number of para-hydroxylation sites is 2. The Morgan fingerprint density at radius 3 is 2.58 bits per heavy atom. The van der Waals surface area contributed by atoms with Gasteiger partial charge in [0.2, 0.25) is 0 Å². The van der Waals surface area contributed by atoms with Crippen LogP contribution in [0.1, 0.15) is 35.2 Å². The van der Waals surface area contributed by atoms with E-state index in [1.807, 2.05) is 25.1 Å². The molecule has 0 N–H and O–H groups in total. The van der Waals surface area contributed by atoms with E-state index in [1.54, 1.807) is 14.2 Å². The van der Waals surface area contributed by atoms with Gasteiger partial charge >= 0.3 is 0 Å². The molecule has 0 bridgehead atoms. The molecular formula is C25H24N4O2. The molecule has 0 aliphatic carbocycles. The van der Waals surface area contributed by atoms with Gasteiger partial charge < -0.3 is 14.4 Å². The fourth-order valence-electron chi connectivity index (χ4n) is 4.74. The number of pyridine rings is 1. The van der Waals surface area contributed by atoms with Gasteiger partial charge in [-0.15, -0.1) is 0 Å². The van der Waals surface area contributed by atoms with Gasteiger partial charge in [0.25, 0.3) is 0 Å². The van der Waals surface area contributed by atoms with Crippen LogP contribution >= 0.6 is 0 Å². The van der Waals surface area contributed by atoms with Crippen molar-refractivity contribution in [3.63, 3.8) is 0 Å². The summed E-state index contributed by atoms with van der Waals surface area (Å²) in [7, 11) is 3.34. The average Bonchev–Trinajstić information content (AvgIpc) is 3.17.